The Morgan fingerprint density at radius 3 is 2.91 bits per heavy atom. The van der Waals surface area contributed by atoms with Crippen molar-refractivity contribution < 1.29 is 4.92 Å². The summed E-state index contributed by atoms with van der Waals surface area (Å²) in [5.74, 6) is 1.67. The monoisotopic (exact) mass is 304 g/mol. The number of rotatable bonds is 5. The van der Waals surface area contributed by atoms with Crippen molar-refractivity contribution in [3.05, 3.63) is 21.9 Å². The Bertz CT molecular complexity index is 726. The van der Waals surface area contributed by atoms with E-state index in [1.807, 2.05) is 6.92 Å². The van der Waals surface area contributed by atoms with Crippen LogP contribution in [0.15, 0.2) is 6.20 Å². The van der Waals surface area contributed by atoms with Crippen LogP contribution in [0.4, 0.5) is 17.3 Å². The van der Waals surface area contributed by atoms with E-state index in [-0.39, 0.29) is 5.69 Å². The van der Waals surface area contributed by atoms with Crippen LogP contribution in [0.5, 0.6) is 0 Å². The van der Waals surface area contributed by atoms with Gasteiger partial charge in [-0.25, -0.2) is 4.98 Å². The Kier molecular flexibility index (Phi) is 3.59. The van der Waals surface area contributed by atoms with Gasteiger partial charge in [-0.05, 0) is 26.7 Å². The minimum Gasteiger partial charge on any atom is -0.370 e. The van der Waals surface area contributed by atoms with Crippen LogP contribution >= 0.6 is 0 Å². The Balaban J connectivity index is 2.26. The number of nitrogens with zero attached hydrogens (tertiary/aromatic N) is 5. The van der Waals surface area contributed by atoms with Crippen LogP contribution < -0.4 is 10.2 Å². The fourth-order valence-corrected chi connectivity index (χ4v) is 2.96. The third kappa shape index (κ3) is 2.06. The van der Waals surface area contributed by atoms with Gasteiger partial charge in [-0.3, -0.25) is 10.1 Å². The summed E-state index contributed by atoms with van der Waals surface area (Å²) in [5.41, 5.74) is 1.33. The van der Waals surface area contributed by atoms with Crippen molar-refractivity contribution in [3.63, 3.8) is 0 Å². The third-order valence-electron chi connectivity index (χ3n) is 4.24. The first-order valence-corrected chi connectivity index (χ1v) is 7.64. The van der Waals surface area contributed by atoms with Crippen molar-refractivity contribution in [1.82, 2.24) is 14.6 Å². The molecule has 0 fully saturated rings. The van der Waals surface area contributed by atoms with Crippen molar-refractivity contribution in [3.8, 4) is 0 Å². The highest BCUT2D eigenvalue weighted by atomic mass is 16.6. The van der Waals surface area contributed by atoms with E-state index in [9.17, 15) is 10.1 Å². The molecule has 2 aromatic rings. The number of nitro groups is 1. The molecule has 0 aliphatic carbocycles. The van der Waals surface area contributed by atoms with Crippen LogP contribution in [0.25, 0.3) is 5.65 Å². The minimum atomic E-state index is -0.431. The summed E-state index contributed by atoms with van der Waals surface area (Å²) >= 11 is 0. The number of nitrogens with one attached hydrogen (secondary N) is 1. The van der Waals surface area contributed by atoms with E-state index in [4.69, 9.17) is 0 Å². The maximum absolute atomic E-state index is 11.2. The molecular formula is C14H20N6O2. The lowest BCUT2D eigenvalue weighted by Crippen LogP contribution is -2.32. The highest BCUT2D eigenvalue weighted by molar-refractivity contribution is 5.72. The van der Waals surface area contributed by atoms with Crippen LogP contribution in [-0.2, 0) is 6.42 Å². The highest BCUT2D eigenvalue weighted by Gasteiger charge is 2.31. The smallest absolute Gasteiger partial charge is 0.333 e. The van der Waals surface area contributed by atoms with Crippen LogP contribution in [0.1, 0.15) is 32.8 Å². The van der Waals surface area contributed by atoms with Gasteiger partial charge < -0.3 is 10.2 Å². The summed E-state index contributed by atoms with van der Waals surface area (Å²) < 4.78 is 1.62. The fourth-order valence-electron chi connectivity index (χ4n) is 2.96. The van der Waals surface area contributed by atoms with Gasteiger partial charge in [0.05, 0.1) is 4.92 Å². The van der Waals surface area contributed by atoms with Gasteiger partial charge in [-0.15, -0.1) is 0 Å². The van der Waals surface area contributed by atoms with Crippen molar-refractivity contribution in [2.24, 2.45) is 0 Å². The van der Waals surface area contributed by atoms with Gasteiger partial charge in [0.25, 0.3) is 0 Å². The standard InChI is InChI=1S/C14H20N6O2/c1-4-9(3)18-7-6-10-12(15-5-2)17-13-11(20(21)22)8-16-19(13)14(10)18/h8-9H,4-7H2,1-3H3,(H,15,17). The average Bonchev–Trinajstić information content (AvgIpc) is 3.10. The van der Waals surface area contributed by atoms with E-state index in [1.54, 1.807) is 4.52 Å². The van der Waals surface area contributed by atoms with Gasteiger partial charge in [0.1, 0.15) is 17.8 Å². The van der Waals surface area contributed by atoms with Crippen molar-refractivity contribution >= 4 is 23.0 Å². The van der Waals surface area contributed by atoms with Crippen LogP contribution in [0, 0.1) is 10.1 Å². The quantitative estimate of drug-likeness (QED) is 0.673. The number of hydrogen-bond acceptors (Lipinski definition) is 6. The summed E-state index contributed by atoms with van der Waals surface area (Å²) in [4.78, 5) is 17.5. The van der Waals surface area contributed by atoms with Gasteiger partial charge in [-0.1, -0.05) is 6.92 Å². The summed E-state index contributed by atoms with van der Waals surface area (Å²) in [6.07, 6.45) is 3.16. The van der Waals surface area contributed by atoms with Crippen molar-refractivity contribution in [1.29, 1.82) is 0 Å². The molecule has 3 rings (SSSR count). The molecule has 8 heteroatoms. The van der Waals surface area contributed by atoms with Crippen LogP contribution in [0.3, 0.4) is 0 Å². The molecule has 1 unspecified atom stereocenters. The summed E-state index contributed by atoms with van der Waals surface area (Å²) in [7, 11) is 0. The first-order chi connectivity index (χ1) is 10.6. The molecule has 0 bridgehead atoms. The van der Waals surface area contributed by atoms with E-state index in [0.29, 0.717) is 11.7 Å². The molecule has 0 saturated heterocycles. The SMILES string of the molecule is CCNc1nc2c([N+](=O)[O-])cnn2c2c1CCN2C(C)CC. The molecule has 0 aromatic carbocycles. The van der Waals surface area contributed by atoms with Gasteiger partial charge in [0, 0.05) is 24.7 Å². The Labute approximate surface area is 128 Å². The number of aromatic nitrogens is 3. The van der Waals surface area contributed by atoms with Crippen LogP contribution in [-0.4, -0.2) is 38.7 Å². The predicted octanol–water partition coefficient (Wildman–Crippen LogP) is 2.23. The largest absolute Gasteiger partial charge is 0.370 e. The predicted molar refractivity (Wildman–Crippen MR) is 84.6 cm³/mol. The minimum absolute atomic E-state index is 0.0574. The molecule has 0 saturated carbocycles. The Morgan fingerprint density at radius 2 is 2.27 bits per heavy atom. The Hall–Kier alpha value is -2.38. The Morgan fingerprint density at radius 1 is 1.50 bits per heavy atom. The first-order valence-electron chi connectivity index (χ1n) is 7.64. The summed E-state index contributed by atoms with van der Waals surface area (Å²) in [6.45, 7) is 7.90. The van der Waals surface area contributed by atoms with Gasteiger partial charge in [0.2, 0.25) is 5.65 Å². The van der Waals surface area contributed by atoms with Crippen molar-refractivity contribution in [2.75, 3.05) is 23.3 Å². The van der Waals surface area contributed by atoms with Gasteiger partial charge >= 0.3 is 5.69 Å². The molecule has 2 aromatic heterocycles. The van der Waals surface area contributed by atoms with E-state index >= 15 is 0 Å². The summed E-state index contributed by atoms with van der Waals surface area (Å²) in [6, 6.07) is 0.351. The second kappa shape index (κ2) is 5.43. The maximum atomic E-state index is 11.2. The normalized spacial score (nSPS) is 15.1. The second-order valence-corrected chi connectivity index (χ2v) is 5.52. The fraction of sp³-hybridized carbons (Fsp3) is 0.571. The molecule has 0 spiro atoms. The lowest BCUT2D eigenvalue weighted by molar-refractivity contribution is -0.383. The van der Waals surface area contributed by atoms with Gasteiger partial charge in [0.15, 0.2) is 0 Å². The number of anilines is 2. The average molecular weight is 304 g/mol. The molecule has 3 heterocycles. The molecule has 118 valence electrons. The van der Waals surface area contributed by atoms with E-state index < -0.39 is 4.92 Å². The molecule has 0 radical (unpaired) electrons. The highest BCUT2D eigenvalue weighted by Crippen LogP contribution is 2.36. The molecule has 1 aliphatic rings. The molecular weight excluding hydrogens is 284 g/mol. The van der Waals surface area contributed by atoms with Gasteiger partial charge in [-0.2, -0.15) is 9.61 Å². The maximum Gasteiger partial charge on any atom is 0.333 e. The lowest BCUT2D eigenvalue weighted by Gasteiger charge is -2.26. The summed E-state index contributed by atoms with van der Waals surface area (Å²) in [5, 5.41) is 18.6. The zero-order valence-corrected chi connectivity index (χ0v) is 13.0. The molecule has 0 amide bonds. The molecule has 8 nitrogen and oxygen atoms in total. The molecule has 1 aliphatic heterocycles. The number of hydrogen-bond donors (Lipinski definition) is 1. The topological polar surface area (TPSA) is 88.6 Å². The molecule has 22 heavy (non-hydrogen) atoms. The zero-order valence-electron chi connectivity index (χ0n) is 13.0. The lowest BCUT2D eigenvalue weighted by atomic mass is 10.2. The van der Waals surface area contributed by atoms with E-state index in [2.05, 4.69) is 34.1 Å². The molecule has 1 N–H and O–H groups in total. The first kappa shape index (κ1) is 14.6. The van der Waals surface area contributed by atoms with E-state index in [0.717, 1.165) is 43.1 Å². The molecule has 1 atom stereocenters. The van der Waals surface area contributed by atoms with Crippen molar-refractivity contribution in [2.45, 2.75) is 39.7 Å². The van der Waals surface area contributed by atoms with Crippen LogP contribution in [0.2, 0.25) is 0 Å². The second-order valence-electron chi connectivity index (χ2n) is 5.52. The zero-order chi connectivity index (χ0) is 15.9. The third-order valence-corrected chi connectivity index (χ3v) is 4.24. The van der Waals surface area contributed by atoms with E-state index in [1.165, 1.54) is 6.20 Å². The number of fused-ring (bicyclic) bond motifs is 3.